The molecule has 3 aromatic carbocycles. The number of halogens is 1. The lowest BCUT2D eigenvalue weighted by Gasteiger charge is -2.20. The number of nitrogens with one attached hydrogen (secondary N) is 1. The first-order valence-electron chi connectivity index (χ1n) is 8.27. The SMILES string of the molecule is Cc1ccc([C@@H](NS(=O)(=O)c2ccc(F)c(C)c2)c2ccccc2)cc1. The van der Waals surface area contributed by atoms with Gasteiger partial charge in [-0.25, -0.2) is 12.8 Å². The van der Waals surface area contributed by atoms with Gasteiger partial charge in [-0.15, -0.1) is 0 Å². The normalized spacial score (nSPS) is 12.7. The van der Waals surface area contributed by atoms with Gasteiger partial charge in [0.05, 0.1) is 10.9 Å². The zero-order valence-electron chi connectivity index (χ0n) is 14.6. The van der Waals surface area contributed by atoms with Crippen molar-refractivity contribution in [1.82, 2.24) is 4.72 Å². The second kappa shape index (κ2) is 7.40. The molecule has 3 nitrogen and oxygen atoms in total. The van der Waals surface area contributed by atoms with Crippen molar-refractivity contribution in [2.24, 2.45) is 0 Å². The summed E-state index contributed by atoms with van der Waals surface area (Å²) in [5, 5.41) is 0. The van der Waals surface area contributed by atoms with Crippen molar-refractivity contribution in [2.45, 2.75) is 24.8 Å². The summed E-state index contributed by atoms with van der Waals surface area (Å²) in [5.74, 6) is -0.429. The van der Waals surface area contributed by atoms with Crippen molar-refractivity contribution >= 4 is 10.0 Å². The van der Waals surface area contributed by atoms with E-state index in [1.54, 1.807) is 6.92 Å². The minimum absolute atomic E-state index is 0.0458. The Balaban J connectivity index is 2.02. The first-order valence-corrected chi connectivity index (χ1v) is 9.75. The van der Waals surface area contributed by atoms with Gasteiger partial charge >= 0.3 is 0 Å². The van der Waals surface area contributed by atoms with Gasteiger partial charge in [0.25, 0.3) is 0 Å². The summed E-state index contributed by atoms with van der Waals surface area (Å²) in [5.41, 5.74) is 3.06. The topological polar surface area (TPSA) is 46.2 Å². The Morgan fingerprint density at radius 2 is 1.46 bits per heavy atom. The highest BCUT2D eigenvalue weighted by atomic mass is 32.2. The third-order valence-corrected chi connectivity index (χ3v) is 5.68. The molecule has 0 fully saturated rings. The fraction of sp³-hybridized carbons (Fsp3) is 0.143. The van der Waals surface area contributed by atoms with Crippen LogP contribution in [0.3, 0.4) is 0 Å². The minimum Gasteiger partial charge on any atom is -0.207 e. The van der Waals surface area contributed by atoms with Crippen LogP contribution in [0.5, 0.6) is 0 Å². The lowest BCUT2D eigenvalue weighted by molar-refractivity contribution is 0.571. The monoisotopic (exact) mass is 369 g/mol. The van der Waals surface area contributed by atoms with Crippen LogP contribution in [0.25, 0.3) is 0 Å². The summed E-state index contributed by atoms with van der Waals surface area (Å²) in [6, 6.07) is 20.3. The van der Waals surface area contributed by atoms with E-state index in [1.807, 2.05) is 61.5 Å². The van der Waals surface area contributed by atoms with Gasteiger partial charge in [-0.05, 0) is 48.7 Å². The van der Waals surface area contributed by atoms with E-state index < -0.39 is 21.9 Å². The maximum absolute atomic E-state index is 13.5. The number of rotatable bonds is 5. The van der Waals surface area contributed by atoms with Crippen molar-refractivity contribution in [3.63, 3.8) is 0 Å². The zero-order chi connectivity index (χ0) is 18.7. The molecule has 0 amide bonds. The second-order valence-corrected chi connectivity index (χ2v) is 8.00. The van der Waals surface area contributed by atoms with Crippen LogP contribution in [-0.4, -0.2) is 8.42 Å². The molecular weight excluding hydrogens is 349 g/mol. The molecule has 3 aromatic rings. The maximum atomic E-state index is 13.5. The van der Waals surface area contributed by atoms with E-state index in [1.165, 1.54) is 18.2 Å². The van der Waals surface area contributed by atoms with Gasteiger partial charge in [0.2, 0.25) is 10.0 Å². The predicted molar refractivity (Wildman–Crippen MR) is 101 cm³/mol. The molecule has 0 aliphatic carbocycles. The second-order valence-electron chi connectivity index (χ2n) is 6.29. The van der Waals surface area contributed by atoms with E-state index in [4.69, 9.17) is 0 Å². The molecule has 0 bridgehead atoms. The lowest BCUT2D eigenvalue weighted by Crippen LogP contribution is -2.29. The van der Waals surface area contributed by atoms with Crippen molar-refractivity contribution in [2.75, 3.05) is 0 Å². The number of hydrogen-bond donors (Lipinski definition) is 1. The third-order valence-electron chi connectivity index (χ3n) is 4.26. The first kappa shape index (κ1) is 18.3. The van der Waals surface area contributed by atoms with Gasteiger partial charge in [-0.2, -0.15) is 4.72 Å². The summed E-state index contributed by atoms with van der Waals surface area (Å²) in [6.45, 7) is 3.52. The van der Waals surface area contributed by atoms with E-state index >= 15 is 0 Å². The minimum atomic E-state index is -3.82. The summed E-state index contributed by atoms with van der Waals surface area (Å²) >= 11 is 0. The van der Waals surface area contributed by atoms with Crippen LogP contribution in [0.15, 0.2) is 77.7 Å². The number of benzene rings is 3. The van der Waals surface area contributed by atoms with Gasteiger partial charge in [0, 0.05) is 0 Å². The smallest absolute Gasteiger partial charge is 0.207 e. The van der Waals surface area contributed by atoms with Crippen molar-refractivity contribution in [3.05, 3.63) is 101 Å². The molecule has 1 N–H and O–H groups in total. The molecule has 0 aliphatic heterocycles. The average molecular weight is 369 g/mol. The molecule has 0 heterocycles. The largest absolute Gasteiger partial charge is 0.241 e. The molecule has 0 spiro atoms. The molecule has 3 rings (SSSR count). The molecule has 26 heavy (non-hydrogen) atoms. The lowest BCUT2D eigenvalue weighted by atomic mass is 9.99. The summed E-state index contributed by atoms with van der Waals surface area (Å²) in [4.78, 5) is 0.0458. The number of hydrogen-bond acceptors (Lipinski definition) is 2. The number of sulfonamides is 1. The molecule has 1 atom stereocenters. The van der Waals surface area contributed by atoms with E-state index in [9.17, 15) is 12.8 Å². The molecule has 5 heteroatoms. The fourth-order valence-corrected chi connectivity index (χ4v) is 4.04. The van der Waals surface area contributed by atoms with Crippen molar-refractivity contribution in [3.8, 4) is 0 Å². The summed E-state index contributed by atoms with van der Waals surface area (Å²) < 4.78 is 42.0. The van der Waals surface area contributed by atoms with Crippen molar-refractivity contribution in [1.29, 1.82) is 0 Å². The van der Waals surface area contributed by atoms with Crippen LogP contribution in [0.2, 0.25) is 0 Å². The van der Waals surface area contributed by atoms with E-state index in [0.717, 1.165) is 16.7 Å². The molecule has 0 saturated heterocycles. The zero-order valence-corrected chi connectivity index (χ0v) is 15.4. The van der Waals surface area contributed by atoms with Gasteiger partial charge < -0.3 is 0 Å². The van der Waals surface area contributed by atoms with Crippen molar-refractivity contribution < 1.29 is 12.8 Å². The highest BCUT2D eigenvalue weighted by Gasteiger charge is 2.23. The van der Waals surface area contributed by atoms with Gasteiger partial charge in [0.15, 0.2) is 0 Å². The standard InChI is InChI=1S/C21H20FNO2S/c1-15-8-10-18(11-9-15)21(17-6-4-3-5-7-17)23-26(24,25)19-12-13-20(22)16(2)14-19/h3-14,21,23H,1-2H3/t21-/m0/s1. The van der Waals surface area contributed by atoms with Gasteiger partial charge in [-0.1, -0.05) is 60.2 Å². The maximum Gasteiger partial charge on any atom is 0.241 e. The molecular formula is C21H20FNO2S. The molecule has 0 saturated carbocycles. The predicted octanol–water partition coefficient (Wildman–Crippen LogP) is 4.51. The Morgan fingerprint density at radius 3 is 2.08 bits per heavy atom. The van der Waals surface area contributed by atoms with Gasteiger partial charge in [0.1, 0.15) is 5.82 Å². The highest BCUT2D eigenvalue weighted by molar-refractivity contribution is 7.89. The van der Waals surface area contributed by atoms with E-state index in [2.05, 4.69) is 4.72 Å². The van der Waals surface area contributed by atoms with Crippen LogP contribution in [-0.2, 0) is 10.0 Å². The van der Waals surface area contributed by atoms with Gasteiger partial charge in [-0.3, -0.25) is 0 Å². The first-order chi connectivity index (χ1) is 12.4. The van der Waals surface area contributed by atoms with Crippen LogP contribution >= 0.6 is 0 Å². The van der Waals surface area contributed by atoms with Crippen LogP contribution in [0.1, 0.15) is 28.3 Å². The fourth-order valence-electron chi connectivity index (χ4n) is 2.74. The van der Waals surface area contributed by atoms with E-state index in [0.29, 0.717) is 5.56 Å². The molecule has 0 unspecified atom stereocenters. The Morgan fingerprint density at radius 1 is 0.846 bits per heavy atom. The Bertz CT molecular complexity index is 1000. The van der Waals surface area contributed by atoms with Crippen LogP contribution in [0.4, 0.5) is 4.39 Å². The molecule has 0 aliphatic rings. The summed E-state index contributed by atoms with van der Waals surface area (Å²) in [7, 11) is -3.82. The Kier molecular flexibility index (Phi) is 5.20. The molecule has 134 valence electrons. The van der Waals surface area contributed by atoms with Crippen LogP contribution in [0, 0.1) is 19.7 Å². The quantitative estimate of drug-likeness (QED) is 0.719. The number of aryl methyl sites for hydroxylation is 2. The third kappa shape index (κ3) is 4.00. The Labute approximate surface area is 153 Å². The van der Waals surface area contributed by atoms with Crippen LogP contribution < -0.4 is 4.72 Å². The molecule has 0 aromatic heterocycles. The average Bonchev–Trinajstić information content (AvgIpc) is 2.63. The summed E-state index contributed by atoms with van der Waals surface area (Å²) in [6.07, 6.45) is 0. The molecule has 0 radical (unpaired) electrons. The Hall–Kier alpha value is -2.50. The highest BCUT2D eigenvalue weighted by Crippen LogP contribution is 2.25. The van der Waals surface area contributed by atoms with E-state index in [-0.39, 0.29) is 4.90 Å².